The predicted octanol–water partition coefficient (Wildman–Crippen LogP) is 3.89. The van der Waals surface area contributed by atoms with E-state index >= 15 is 0 Å². The summed E-state index contributed by atoms with van der Waals surface area (Å²) in [6.45, 7) is 6.84. The average Bonchev–Trinajstić information content (AvgIpc) is 2.82. The minimum atomic E-state index is -2.19. The number of aryl methyl sites for hydroxylation is 2. The first-order valence-electron chi connectivity index (χ1n) is 10.6. The monoisotopic (exact) mass is 478 g/mol. The zero-order valence-electron chi connectivity index (χ0n) is 18.3. The van der Waals surface area contributed by atoms with Gasteiger partial charge in [0, 0.05) is 0 Å². The van der Waals surface area contributed by atoms with E-state index in [1.54, 1.807) is 0 Å². The molecular weight excluding hydrogens is 451 g/mol. The molecule has 0 atom stereocenters. The second-order valence-electron chi connectivity index (χ2n) is 8.00. The first-order valence-corrected chi connectivity index (χ1v) is 16.0. The molecule has 0 fully saturated rings. The Labute approximate surface area is 192 Å². The second kappa shape index (κ2) is 9.57. The molecule has 4 aromatic rings. The summed E-state index contributed by atoms with van der Waals surface area (Å²) in [7, 11) is -2.19. The van der Waals surface area contributed by atoms with Crippen molar-refractivity contribution in [3.8, 4) is 10.3 Å². The van der Waals surface area contributed by atoms with E-state index in [0.29, 0.717) is 0 Å². The van der Waals surface area contributed by atoms with Crippen molar-refractivity contribution in [1.29, 1.82) is 0 Å². The summed E-state index contributed by atoms with van der Waals surface area (Å²) in [5.74, 6) is 0. The third-order valence-electron chi connectivity index (χ3n) is 5.83. The number of rotatable bonds is 4. The molecule has 0 N–H and O–H groups in total. The zero-order chi connectivity index (χ0) is 21.7. The summed E-state index contributed by atoms with van der Waals surface area (Å²) >= 11 is -1.79. The van der Waals surface area contributed by atoms with E-state index in [-0.39, 0.29) is 0 Å². The van der Waals surface area contributed by atoms with E-state index in [1.807, 2.05) is 0 Å². The van der Waals surface area contributed by atoms with Crippen LogP contribution in [0.4, 0.5) is 0 Å². The Morgan fingerprint density at radius 3 is 1.35 bits per heavy atom. The van der Waals surface area contributed by atoms with Crippen molar-refractivity contribution in [2.75, 3.05) is 0 Å². The fraction of sp³-hybridized carbons (Fsp3) is 0.103. The quantitative estimate of drug-likeness (QED) is 0.309. The van der Waals surface area contributed by atoms with Crippen molar-refractivity contribution >= 4 is 41.8 Å². The summed E-state index contributed by atoms with van der Waals surface area (Å²) in [4.78, 5) is 0. The molecule has 0 heterocycles. The van der Waals surface area contributed by atoms with Gasteiger partial charge in [0.1, 0.15) is 0 Å². The van der Waals surface area contributed by atoms with Gasteiger partial charge in [0.25, 0.3) is 0 Å². The van der Waals surface area contributed by atoms with Gasteiger partial charge in [-0.05, 0) is 0 Å². The van der Waals surface area contributed by atoms with Crippen LogP contribution < -0.4 is 19.1 Å². The van der Waals surface area contributed by atoms with Crippen LogP contribution in [-0.4, -0.2) is 22.7 Å². The topological polar surface area (TPSA) is 0 Å². The van der Waals surface area contributed by atoms with Gasteiger partial charge in [0.2, 0.25) is 0 Å². The van der Waals surface area contributed by atoms with Gasteiger partial charge < -0.3 is 0 Å². The van der Waals surface area contributed by atoms with Crippen LogP contribution in [0, 0.1) is 24.1 Å². The maximum atomic E-state index is 3.93. The minimum absolute atomic E-state index is 1.35. The van der Waals surface area contributed by atoms with Crippen LogP contribution in [0.2, 0.25) is 6.55 Å². The van der Waals surface area contributed by atoms with Gasteiger partial charge >= 0.3 is 193 Å². The van der Waals surface area contributed by atoms with Crippen molar-refractivity contribution in [1.82, 2.24) is 0 Å². The molecule has 0 unspecified atom stereocenters. The molecular formula is C29H27AsSi. The Morgan fingerprint density at radius 1 is 0.548 bits per heavy atom. The first kappa shape index (κ1) is 21.4. The molecule has 152 valence electrons. The molecule has 31 heavy (non-hydrogen) atoms. The molecule has 0 bridgehead atoms. The van der Waals surface area contributed by atoms with E-state index in [0.717, 1.165) is 0 Å². The third kappa shape index (κ3) is 4.62. The number of benzene rings is 4. The molecule has 4 aromatic carbocycles. The molecule has 0 spiro atoms. The van der Waals surface area contributed by atoms with E-state index in [9.17, 15) is 0 Å². The summed E-state index contributed by atoms with van der Waals surface area (Å²) in [5.41, 5.74) is 6.63. The van der Waals surface area contributed by atoms with Crippen molar-refractivity contribution in [3.05, 3.63) is 120 Å². The molecule has 0 aromatic heterocycles. The van der Waals surface area contributed by atoms with Crippen molar-refractivity contribution < 1.29 is 0 Å². The zero-order valence-corrected chi connectivity index (χ0v) is 21.2. The van der Waals surface area contributed by atoms with Crippen LogP contribution in [0.5, 0.6) is 0 Å². The Balaban J connectivity index is 1.91. The van der Waals surface area contributed by atoms with Gasteiger partial charge in [-0.15, -0.1) is 0 Å². The molecule has 0 nitrogen and oxygen atoms in total. The van der Waals surface area contributed by atoms with Crippen LogP contribution in [-0.2, 0) is 0 Å². The van der Waals surface area contributed by atoms with Crippen LogP contribution in [0.1, 0.15) is 11.1 Å². The molecule has 2 heteroatoms. The van der Waals surface area contributed by atoms with Gasteiger partial charge in [-0.3, -0.25) is 0 Å². The van der Waals surface area contributed by atoms with E-state index in [1.165, 1.54) is 30.2 Å². The van der Waals surface area contributed by atoms with Crippen molar-refractivity contribution in [3.63, 3.8) is 0 Å². The van der Waals surface area contributed by atoms with E-state index in [2.05, 4.69) is 140 Å². The Bertz CT molecular complexity index is 1130. The normalized spacial score (nSPS) is 11.1. The number of hydrogen-bond donors (Lipinski definition) is 0. The Morgan fingerprint density at radius 2 is 0.935 bits per heavy atom. The van der Waals surface area contributed by atoms with Gasteiger partial charge in [-0.2, -0.15) is 0 Å². The molecule has 0 aliphatic rings. The summed E-state index contributed by atoms with van der Waals surface area (Å²) < 4.78 is 6.81. The van der Waals surface area contributed by atoms with E-state index < -0.39 is 22.7 Å². The molecule has 0 saturated heterocycles. The molecule has 0 aliphatic carbocycles. The van der Waals surface area contributed by atoms with Crippen LogP contribution in [0.3, 0.4) is 0 Å². The van der Waals surface area contributed by atoms with Gasteiger partial charge in [0.15, 0.2) is 0 Å². The van der Waals surface area contributed by atoms with Crippen LogP contribution >= 0.6 is 0 Å². The number of hydrogen-bond acceptors (Lipinski definition) is 0. The van der Waals surface area contributed by atoms with Gasteiger partial charge in [-0.1, -0.05) is 0 Å². The van der Waals surface area contributed by atoms with Crippen molar-refractivity contribution in [2.24, 2.45) is 0 Å². The second-order valence-corrected chi connectivity index (χ2v) is 15.6. The molecule has 4 rings (SSSR count). The molecule has 0 radical (unpaired) electrons. The third-order valence-corrected chi connectivity index (χ3v) is 14.7. The summed E-state index contributed by atoms with van der Waals surface area (Å²) in [6.07, 6.45) is 0. The average molecular weight is 479 g/mol. The predicted molar refractivity (Wildman–Crippen MR) is 139 cm³/mol. The SMILES string of the molecule is Cc1ccccc1[As](C#C[Si](C)(c1ccccc1)c1ccccc1)c1ccccc1C. The van der Waals surface area contributed by atoms with Gasteiger partial charge in [-0.25, -0.2) is 0 Å². The molecule has 0 amide bonds. The molecule has 0 aliphatic heterocycles. The first-order chi connectivity index (χ1) is 15.1. The standard InChI is InChI=1S/C29H27AsSi/c1-24-14-10-12-20-28(24)30(29-21-13-11-15-25(29)2)22-23-31(3,26-16-6-4-7-17-26)27-18-8-5-9-19-27/h4-21H,1-3H3. The fourth-order valence-electron chi connectivity index (χ4n) is 3.90. The van der Waals surface area contributed by atoms with Gasteiger partial charge in [0.05, 0.1) is 0 Å². The summed E-state index contributed by atoms with van der Waals surface area (Å²) in [5, 5.41) is 2.74. The van der Waals surface area contributed by atoms with Crippen LogP contribution in [0.15, 0.2) is 109 Å². The van der Waals surface area contributed by atoms with Crippen molar-refractivity contribution in [2.45, 2.75) is 20.4 Å². The Hall–Kier alpha value is -2.78. The Kier molecular flexibility index (Phi) is 6.62. The summed E-state index contributed by atoms with van der Waals surface area (Å²) in [6, 6.07) is 39.4. The molecule has 0 saturated carbocycles. The maximum absolute atomic E-state index is 3.93. The fourth-order valence-corrected chi connectivity index (χ4v) is 12.5. The van der Waals surface area contributed by atoms with E-state index in [4.69, 9.17) is 0 Å². The van der Waals surface area contributed by atoms with Crippen LogP contribution in [0.25, 0.3) is 0 Å².